The van der Waals surface area contributed by atoms with Crippen molar-refractivity contribution in [3.8, 4) is 0 Å². The summed E-state index contributed by atoms with van der Waals surface area (Å²) in [4.78, 5) is 12.2. The van der Waals surface area contributed by atoms with E-state index < -0.39 is 6.09 Å². The van der Waals surface area contributed by atoms with Crippen molar-refractivity contribution in [3.63, 3.8) is 0 Å². The zero-order valence-corrected chi connectivity index (χ0v) is 7.80. The maximum atomic E-state index is 9.95. The zero-order valence-electron chi connectivity index (χ0n) is 7.80. The van der Waals surface area contributed by atoms with Crippen LogP contribution >= 0.6 is 0 Å². The Bertz CT molecular complexity index is 124. The lowest BCUT2D eigenvalue weighted by Crippen LogP contribution is -2.28. The summed E-state index contributed by atoms with van der Waals surface area (Å²) in [5, 5.41) is 12.2. The standard InChI is InChI=1S/C8H17N2O2/c1-3-10(4-2)7-5-6-9-8(11)12/h9H,3-7H2,1-2H3. The molecule has 71 valence electrons. The largest absolute Gasteiger partial charge is 0.450 e. The maximum Gasteiger partial charge on any atom is 0.450 e. The molecule has 0 atom stereocenters. The van der Waals surface area contributed by atoms with Gasteiger partial charge >= 0.3 is 6.09 Å². The summed E-state index contributed by atoms with van der Waals surface area (Å²) >= 11 is 0. The van der Waals surface area contributed by atoms with Gasteiger partial charge in [0.05, 0.1) is 0 Å². The van der Waals surface area contributed by atoms with Crippen molar-refractivity contribution in [1.29, 1.82) is 0 Å². The highest BCUT2D eigenvalue weighted by Gasteiger charge is 1.99. The van der Waals surface area contributed by atoms with Gasteiger partial charge in [0.15, 0.2) is 0 Å². The lowest BCUT2D eigenvalue weighted by molar-refractivity contribution is 0.168. The summed E-state index contributed by atoms with van der Waals surface area (Å²) < 4.78 is 0. The lowest BCUT2D eigenvalue weighted by atomic mass is 10.3. The van der Waals surface area contributed by atoms with Gasteiger partial charge in [0.2, 0.25) is 0 Å². The van der Waals surface area contributed by atoms with Crippen LogP contribution < -0.4 is 5.32 Å². The van der Waals surface area contributed by atoms with Crippen LogP contribution in [0.25, 0.3) is 0 Å². The molecule has 0 unspecified atom stereocenters. The smallest absolute Gasteiger partial charge is 0.318 e. The van der Waals surface area contributed by atoms with E-state index >= 15 is 0 Å². The van der Waals surface area contributed by atoms with E-state index in [1.165, 1.54) is 0 Å². The van der Waals surface area contributed by atoms with Crippen LogP contribution in [0.4, 0.5) is 4.79 Å². The first-order chi connectivity index (χ1) is 5.70. The van der Waals surface area contributed by atoms with Gasteiger partial charge in [-0.15, -0.1) is 0 Å². The van der Waals surface area contributed by atoms with Crippen LogP contribution in [-0.2, 0) is 5.11 Å². The van der Waals surface area contributed by atoms with Gasteiger partial charge < -0.3 is 10.2 Å². The number of nitrogens with one attached hydrogen (secondary N) is 1. The highest BCUT2D eigenvalue weighted by Crippen LogP contribution is 1.88. The second kappa shape index (κ2) is 6.91. The van der Waals surface area contributed by atoms with Crippen molar-refractivity contribution in [2.75, 3.05) is 26.2 Å². The van der Waals surface area contributed by atoms with E-state index in [2.05, 4.69) is 24.1 Å². The van der Waals surface area contributed by atoms with E-state index in [1.807, 2.05) is 0 Å². The van der Waals surface area contributed by atoms with Crippen LogP contribution in [0.3, 0.4) is 0 Å². The Morgan fingerprint density at radius 1 is 1.33 bits per heavy atom. The van der Waals surface area contributed by atoms with Crippen LogP contribution in [0, 0.1) is 0 Å². The summed E-state index contributed by atoms with van der Waals surface area (Å²) in [6, 6.07) is 0. The van der Waals surface area contributed by atoms with E-state index in [1.54, 1.807) is 0 Å². The molecule has 4 nitrogen and oxygen atoms in total. The van der Waals surface area contributed by atoms with Crippen molar-refractivity contribution in [1.82, 2.24) is 10.2 Å². The Morgan fingerprint density at radius 2 is 1.92 bits per heavy atom. The molecule has 0 aliphatic rings. The molecule has 1 N–H and O–H groups in total. The van der Waals surface area contributed by atoms with E-state index in [0.717, 1.165) is 26.1 Å². The van der Waals surface area contributed by atoms with Gasteiger partial charge in [0.25, 0.3) is 0 Å². The predicted molar refractivity (Wildman–Crippen MR) is 46.5 cm³/mol. The number of rotatable bonds is 6. The van der Waals surface area contributed by atoms with E-state index in [9.17, 15) is 9.90 Å². The Balaban J connectivity index is 3.23. The third kappa shape index (κ3) is 5.97. The number of hydrogen-bond acceptors (Lipinski definition) is 2. The number of nitrogens with zero attached hydrogens (tertiary/aromatic N) is 1. The molecule has 0 aromatic rings. The van der Waals surface area contributed by atoms with Gasteiger partial charge in [0, 0.05) is 6.54 Å². The third-order valence-corrected chi connectivity index (χ3v) is 1.81. The quantitative estimate of drug-likeness (QED) is 0.606. The van der Waals surface area contributed by atoms with Gasteiger partial charge in [0.1, 0.15) is 0 Å². The molecule has 4 heteroatoms. The summed E-state index contributed by atoms with van der Waals surface area (Å²) in [7, 11) is 0. The molecule has 0 aliphatic carbocycles. The van der Waals surface area contributed by atoms with Crippen molar-refractivity contribution in [3.05, 3.63) is 0 Å². The molecule has 1 amide bonds. The monoisotopic (exact) mass is 173 g/mol. The van der Waals surface area contributed by atoms with Gasteiger partial charge in [-0.25, -0.2) is 9.90 Å². The minimum absolute atomic E-state index is 0.485. The summed E-state index contributed by atoms with van der Waals surface area (Å²) in [5.41, 5.74) is 0. The van der Waals surface area contributed by atoms with E-state index in [0.29, 0.717) is 6.54 Å². The summed E-state index contributed by atoms with van der Waals surface area (Å²) in [6.07, 6.45) is -0.343. The molecule has 0 aromatic carbocycles. The highest BCUT2D eigenvalue weighted by atomic mass is 16.4. The Morgan fingerprint density at radius 3 is 2.33 bits per heavy atom. The van der Waals surface area contributed by atoms with Gasteiger partial charge in [-0.1, -0.05) is 13.8 Å². The first kappa shape index (κ1) is 11.2. The molecule has 0 bridgehead atoms. The molecular formula is C8H17N2O2. The second-order valence-electron chi connectivity index (χ2n) is 2.59. The Labute approximate surface area is 73.6 Å². The van der Waals surface area contributed by atoms with Crippen LogP contribution in [-0.4, -0.2) is 37.2 Å². The molecule has 12 heavy (non-hydrogen) atoms. The van der Waals surface area contributed by atoms with E-state index in [4.69, 9.17) is 0 Å². The predicted octanol–water partition coefficient (Wildman–Crippen LogP) is 0.858. The lowest BCUT2D eigenvalue weighted by Gasteiger charge is -2.17. The second-order valence-corrected chi connectivity index (χ2v) is 2.59. The number of carbonyl (C=O) groups excluding carboxylic acids is 1. The third-order valence-electron chi connectivity index (χ3n) is 1.81. The molecule has 0 rings (SSSR count). The normalized spacial score (nSPS) is 10.2. The molecule has 0 aliphatic heterocycles. The Kier molecular flexibility index (Phi) is 6.47. The molecule has 0 saturated heterocycles. The molecule has 0 fully saturated rings. The van der Waals surface area contributed by atoms with Crippen LogP contribution in [0.2, 0.25) is 0 Å². The average molecular weight is 173 g/mol. The van der Waals surface area contributed by atoms with E-state index in [-0.39, 0.29) is 0 Å². The summed E-state index contributed by atoms with van der Waals surface area (Å²) in [5.74, 6) is 0. The first-order valence-corrected chi connectivity index (χ1v) is 4.37. The fraction of sp³-hybridized carbons (Fsp3) is 0.875. The zero-order chi connectivity index (χ0) is 9.40. The van der Waals surface area contributed by atoms with Gasteiger partial charge in [-0.3, -0.25) is 0 Å². The number of carbonyl (C=O) groups is 1. The van der Waals surface area contributed by atoms with Crippen molar-refractivity contribution < 1.29 is 9.90 Å². The Hall–Kier alpha value is -0.770. The minimum atomic E-state index is -1.19. The van der Waals surface area contributed by atoms with Crippen LogP contribution in [0.5, 0.6) is 0 Å². The SMILES string of the molecule is CCN(CC)CCCNC([O])=O. The number of hydrogen-bond donors (Lipinski definition) is 1. The van der Waals surface area contributed by atoms with Gasteiger partial charge in [-0.05, 0) is 26.1 Å². The summed E-state index contributed by atoms with van der Waals surface area (Å²) in [6.45, 7) is 7.64. The molecule has 1 radical (unpaired) electrons. The van der Waals surface area contributed by atoms with Gasteiger partial charge in [-0.2, -0.15) is 0 Å². The number of amides is 1. The topological polar surface area (TPSA) is 52.2 Å². The van der Waals surface area contributed by atoms with Crippen LogP contribution in [0.1, 0.15) is 20.3 Å². The highest BCUT2D eigenvalue weighted by molar-refractivity contribution is 5.63. The maximum absolute atomic E-state index is 9.95. The molecule has 0 saturated carbocycles. The van der Waals surface area contributed by atoms with Crippen LogP contribution in [0.15, 0.2) is 0 Å². The fourth-order valence-electron chi connectivity index (χ4n) is 1.03. The van der Waals surface area contributed by atoms with Crippen molar-refractivity contribution in [2.45, 2.75) is 20.3 Å². The van der Waals surface area contributed by atoms with Crippen molar-refractivity contribution in [2.24, 2.45) is 0 Å². The fourth-order valence-corrected chi connectivity index (χ4v) is 1.03. The molecule has 0 heterocycles. The molecule has 0 aromatic heterocycles. The average Bonchev–Trinajstić information content (AvgIpc) is 2.04. The first-order valence-electron chi connectivity index (χ1n) is 4.37. The molecular weight excluding hydrogens is 156 g/mol. The minimum Gasteiger partial charge on any atom is -0.318 e. The molecule has 0 spiro atoms. The van der Waals surface area contributed by atoms with Crippen molar-refractivity contribution >= 4 is 6.09 Å².